The molecule has 0 saturated carbocycles. The third kappa shape index (κ3) is 7.10. The molecule has 37 heavy (non-hydrogen) atoms. The number of anilines is 2. The van der Waals surface area contributed by atoms with Crippen molar-refractivity contribution in [3.63, 3.8) is 0 Å². The highest BCUT2D eigenvalue weighted by Crippen LogP contribution is 2.26. The predicted octanol–water partition coefficient (Wildman–Crippen LogP) is 0.580. The van der Waals surface area contributed by atoms with Gasteiger partial charge in [-0.25, -0.2) is 26.5 Å². The fourth-order valence-electron chi connectivity index (χ4n) is 3.51. The number of benzene rings is 1. The number of hydrogen-bond donors (Lipinski definition) is 2. The first-order chi connectivity index (χ1) is 17.2. The smallest absolute Gasteiger partial charge is 0.402 e. The fourth-order valence-corrected chi connectivity index (χ4v) is 5.91. The molecule has 1 atom stereocenters. The molecule has 1 aliphatic heterocycles. The van der Waals surface area contributed by atoms with Crippen LogP contribution in [0.3, 0.4) is 0 Å². The normalized spacial score (nSPS) is 17.1. The molecule has 0 aliphatic carbocycles. The predicted molar refractivity (Wildman–Crippen MR) is 124 cm³/mol. The van der Waals surface area contributed by atoms with Crippen LogP contribution in [0, 0.1) is 11.8 Å². The summed E-state index contributed by atoms with van der Waals surface area (Å²) in [7, 11) is -8.39. The van der Waals surface area contributed by atoms with Gasteiger partial charge in [0.1, 0.15) is 29.4 Å². The summed E-state index contributed by atoms with van der Waals surface area (Å²) >= 11 is 0. The summed E-state index contributed by atoms with van der Waals surface area (Å²) < 4.78 is 90.4. The number of carbonyl (C=O) groups is 1. The fraction of sp³-hybridized carbons (Fsp3) is 0.333. The van der Waals surface area contributed by atoms with Crippen molar-refractivity contribution in [1.82, 2.24) is 14.0 Å². The SMILES string of the molecule is CC#CC1CN(S(=O)(=O)c2ccc(NC(=O)[O-])nc2)CCN1c1ccc(S(=O)(=O)NCC(F)(F)F)cc1. The average Bonchev–Trinajstić information content (AvgIpc) is 2.83. The Labute approximate surface area is 211 Å². The highest BCUT2D eigenvalue weighted by atomic mass is 32.2. The van der Waals surface area contributed by atoms with Gasteiger partial charge in [0.25, 0.3) is 0 Å². The molecule has 2 aromatic rings. The summed E-state index contributed by atoms with van der Waals surface area (Å²) in [5, 5.41) is 12.5. The number of nitrogens with zero attached hydrogens (tertiary/aromatic N) is 3. The maximum Gasteiger partial charge on any atom is 0.402 e. The number of amides is 1. The Balaban J connectivity index is 1.77. The Bertz CT molecular complexity index is 1400. The second kappa shape index (κ2) is 10.9. The molecular weight excluding hydrogens is 539 g/mol. The van der Waals surface area contributed by atoms with Crippen LogP contribution in [-0.4, -0.2) is 70.6 Å². The minimum absolute atomic E-state index is 0.0382. The highest BCUT2D eigenvalue weighted by molar-refractivity contribution is 7.89. The minimum atomic E-state index is -4.70. The third-order valence-corrected chi connectivity index (χ3v) is 8.47. The van der Waals surface area contributed by atoms with Crippen molar-refractivity contribution >= 4 is 37.6 Å². The number of carboxylic acid groups (broad SMARTS) is 1. The van der Waals surface area contributed by atoms with Gasteiger partial charge in [-0.2, -0.15) is 17.5 Å². The van der Waals surface area contributed by atoms with E-state index in [-0.39, 0.29) is 35.2 Å². The van der Waals surface area contributed by atoms with E-state index in [1.54, 1.807) is 11.8 Å². The first kappa shape index (κ1) is 28.2. The molecule has 11 nitrogen and oxygen atoms in total. The van der Waals surface area contributed by atoms with Crippen LogP contribution < -0.4 is 20.0 Å². The number of hydrogen-bond acceptors (Lipinski definition) is 8. The number of nitrogens with one attached hydrogen (secondary N) is 2. The van der Waals surface area contributed by atoms with E-state index >= 15 is 0 Å². The van der Waals surface area contributed by atoms with Gasteiger partial charge in [0.15, 0.2) is 0 Å². The second-order valence-corrected chi connectivity index (χ2v) is 11.4. The molecule has 0 spiro atoms. The van der Waals surface area contributed by atoms with Crippen molar-refractivity contribution < 1.29 is 39.9 Å². The summed E-state index contributed by atoms with van der Waals surface area (Å²) in [4.78, 5) is 15.6. The third-order valence-electron chi connectivity index (χ3n) is 5.20. The van der Waals surface area contributed by atoms with E-state index in [0.717, 1.165) is 18.3 Å². The van der Waals surface area contributed by atoms with Crippen molar-refractivity contribution in [2.24, 2.45) is 0 Å². The number of rotatable bonds is 7. The monoisotopic (exact) mass is 560 g/mol. The van der Waals surface area contributed by atoms with Gasteiger partial charge in [-0.05, 0) is 43.3 Å². The molecule has 1 unspecified atom stereocenters. The van der Waals surface area contributed by atoms with Crippen LogP contribution in [0.4, 0.5) is 29.5 Å². The minimum Gasteiger partial charge on any atom is -0.530 e. The Hall–Kier alpha value is -3.39. The lowest BCUT2D eigenvalue weighted by Gasteiger charge is -2.39. The van der Waals surface area contributed by atoms with Gasteiger partial charge >= 0.3 is 6.18 Å². The largest absolute Gasteiger partial charge is 0.530 e. The molecule has 200 valence electrons. The molecule has 1 amide bonds. The number of halogens is 3. The maximum absolute atomic E-state index is 13.1. The average molecular weight is 561 g/mol. The van der Waals surface area contributed by atoms with Crippen molar-refractivity contribution in [3.05, 3.63) is 42.6 Å². The molecule has 1 aromatic carbocycles. The Kier molecular flexibility index (Phi) is 8.32. The summed E-state index contributed by atoms with van der Waals surface area (Å²) in [6.45, 7) is 0.0361. The van der Waals surface area contributed by atoms with Crippen LogP contribution in [0.5, 0.6) is 0 Å². The molecular formula is C21H21F3N5O6S2-. The van der Waals surface area contributed by atoms with E-state index in [9.17, 15) is 39.9 Å². The van der Waals surface area contributed by atoms with E-state index in [1.165, 1.54) is 33.3 Å². The van der Waals surface area contributed by atoms with Crippen molar-refractivity contribution in [1.29, 1.82) is 0 Å². The lowest BCUT2D eigenvalue weighted by Crippen LogP contribution is -2.54. The van der Waals surface area contributed by atoms with Gasteiger partial charge in [-0.1, -0.05) is 5.92 Å². The van der Waals surface area contributed by atoms with E-state index < -0.39 is 44.9 Å². The van der Waals surface area contributed by atoms with E-state index in [2.05, 4.69) is 16.8 Å². The molecule has 1 fully saturated rings. The summed E-state index contributed by atoms with van der Waals surface area (Å²) in [5.74, 6) is 5.55. The molecule has 2 N–H and O–H groups in total. The van der Waals surface area contributed by atoms with Crippen LogP contribution in [0.2, 0.25) is 0 Å². The first-order valence-electron chi connectivity index (χ1n) is 10.5. The van der Waals surface area contributed by atoms with Gasteiger partial charge in [-0.3, -0.25) is 0 Å². The molecule has 0 radical (unpaired) electrons. The van der Waals surface area contributed by atoms with Gasteiger partial charge in [0.05, 0.1) is 4.90 Å². The molecule has 1 saturated heterocycles. The van der Waals surface area contributed by atoms with Crippen LogP contribution in [0.15, 0.2) is 52.4 Å². The summed E-state index contributed by atoms with van der Waals surface area (Å²) in [5.41, 5.74) is 0.499. The lowest BCUT2D eigenvalue weighted by atomic mass is 10.1. The van der Waals surface area contributed by atoms with Crippen molar-refractivity contribution in [2.75, 3.05) is 36.4 Å². The summed E-state index contributed by atoms with van der Waals surface area (Å²) in [6.07, 6.45) is -5.29. The molecule has 1 aromatic heterocycles. The van der Waals surface area contributed by atoms with Crippen molar-refractivity contribution in [2.45, 2.75) is 28.9 Å². The van der Waals surface area contributed by atoms with E-state index in [0.29, 0.717) is 5.69 Å². The maximum atomic E-state index is 13.1. The van der Waals surface area contributed by atoms with Gasteiger partial charge < -0.3 is 20.1 Å². The number of carbonyl (C=O) groups excluding carboxylic acids is 1. The number of sulfonamides is 2. The standard InChI is InChI=1S/C21H22F3N5O6S2/c1-2-3-16-13-28(37(34,35)18-8-9-19(25-12-18)27-20(30)31)10-11-29(16)15-4-6-17(7-5-15)36(32,33)26-14-21(22,23)24/h4-9,12,16,26H,10-11,13-14H2,1H3,(H,25,27)(H,30,31)/p-1. The van der Waals surface area contributed by atoms with Gasteiger partial charge in [0.2, 0.25) is 20.0 Å². The van der Waals surface area contributed by atoms with Crippen molar-refractivity contribution in [3.8, 4) is 11.8 Å². The van der Waals surface area contributed by atoms with Crippen LogP contribution in [-0.2, 0) is 20.0 Å². The Morgan fingerprint density at radius 2 is 1.76 bits per heavy atom. The molecule has 2 heterocycles. The number of aromatic nitrogens is 1. The zero-order valence-electron chi connectivity index (χ0n) is 19.2. The van der Waals surface area contributed by atoms with Gasteiger partial charge in [-0.15, -0.1) is 5.92 Å². The molecule has 3 rings (SSSR count). The summed E-state index contributed by atoms with van der Waals surface area (Å²) in [6, 6.07) is 6.88. The van der Waals surface area contributed by atoms with Crippen LogP contribution in [0.1, 0.15) is 6.92 Å². The number of pyridine rings is 1. The van der Waals surface area contributed by atoms with E-state index in [4.69, 9.17) is 0 Å². The number of piperazine rings is 1. The van der Waals surface area contributed by atoms with Crippen LogP contribution in [0.25, 0.3) is 0 Å². The zero-order valence-corrected chi connectivity index (χ0v) is 20.8. The Morgan fingerprint density at radius 1 is 1.11 bits per heavy atom. The highest BCUT2D eigenvalue weighted by Gasteiger charge is 2.34. The molecule has 0 bridgehead atoms. The molecule has 1 aliphatic rings. The van der Waals surface area contributed by atoms with E-state index in [1.807, 2.05) is 5.32 Å². The molecule has 16 heteroatoms. The van der Waals surface area contributed by atoms with Gasteiger partial charge in [0, 0.05) is 31.5 Å². The Morgan fingerprint density at radius 3 is 2.30 bits per heavy atom. The zero-order chi connectivity index (χ0) is 27.4. The topological polar surface area (TPSA) is 152 Å². The lowest BCUT2D eigenvalue weighted by molar-refractivity contribution is -0.242. The van der Waals surface area contributed by atoms with Crippen LogP contribution >= 0.6 is 0 Å². The second-order valence-electron chi connectivity index (χ2n) is 7.69. The number of alkyl halides is 3. The quantitative estimate of drug-likeness (QED) is 0.467. The first-order valence-corrected chi connectivity index (χ1v) is 13.4.